The third-order valence-corrected chi connectivity index (χ3v) is 3.76. The Hall–Kier alpha value is -1.95. The van der Waals surface area contributed by atoms with E-state index in [1.807, 2.05) is 12.1 Å². The van der Waals surface area contributed by atoms with Gasteiger partial charge in [0.15, 0.2) is 0 Å². The number of amides is 1. The molecule has 0 aliphatic carbocycles. The number of Topliss-reactive ketones (excluding diaryl/α,β-unsaturated/α-hetero) is 3. The van der Waals surface area contributed by atoms with Crippen LogP contribution >= 0.6 is 12.6 Å². The van der Waals surface area contributed by atoms with Crippen LogP contribution in [0.25, 0.3) is 0 Å². The molecule has 1 N–H and O–H groups in total. The van der Waals surface area contributed by atoms with Gasteiger partial charge in [0.1, 0.15) is 17.3 Å². The van der Waals surface area contributed by atoms with E-state index in [0.717, 1.165) is 5.56 Å². The Bertz CT molecular complexity index is 596. The lowest BCUT2D eigenvalue weighted by Gasteiger charge is -2.06. The summed E-state index contributed by atoms with van der Waals surface area (Å²) in [4.78, 5) is 45.2. The number of aryl methyl sites for hydroxylation is 1. The Morgan fingerprint density at radius 1 is 0.958 bits per heavy atom. The first kappa shape index (κ1) is 20.1. The fourth-order valence-corrected chi connectivity index (χ4v) is 2.31. The topological polar surface area (TPSA) is 80.3 Å². The van der Waals surface area contributed by atoms with Crippen LogP contribution in [0.4, 0.5) is 5.69 Å². The highest BCUT2D eigenvalue weighted by atomic mass is 32.1. The maximum absolute atomic E-state index is 11.8. The molecule has 0 unspecified atom stereocenters. The van der Waals surface area contributed by atoms with Crippen LogP contribution in [0.3, 0.4) is 0 Å². The van der Waals surface area contributed by atoms with Crippen LogP contribution in [0.15, 0.2) is 24.3 Å². The number of thiol groups is 1. The van der Waals surface area contributed by atoms with Crippen molar-refractivity contribution in [1.29, 1.82) is 0 Å². The van der Waals surface area contributed by atoms with E-state index in [1.165, 1.54) is 6.92 Å². The lowest BCUT2D eigenvalue weighted by molar-refractivity contribution is -0.126. The SMILES string of the molecule is CC(=O)CC(=O)CCc1ccc(NC(=O)CCCC(=O)CS)cc1. The molecule has 0 fully saturated rings. The van der Waals surface area contributed by atoms with E-state index in [1.54, 1.807) is 12.1 Å². The number of ketones is 3. The highest BCUT2D eigenvalue weighted by Crippen LogP contribution is 2.12. The van der Waals surface area contributed by atoms with Gasteiger partial charge in [-0.3, -0.25) is 19.2 Å². The first-order chi connectivity index (χ1) is 11.4. The molecule has 1 aromatic rings. The van der Waals surface area contributed by atoms with Crippen LogP contribution in [-0.2, 0) is 25.6 Å². The number of rotatable bonds is 11. The second-order valence-corrected chi connectivity index (χ2v) is 6.03. The quantitative estimate of drug-likeness (QED) is 0.475. The Kier molecular flexibility index (Phi) is 9.01. The molecule has 0 saturated carbocycles. The summed E-state index contributed by atoms with van der Waals surface area (Å²) in [6, 6.07) is 7.26. The fourth-order valence-electron chi connectivity index (χ4n) is 2.15. The normalized spacial score (nSPS) is 10.2. The molecule has 0 spiro atoms. The lowest BCUT2D eigenvalue weighted by Crippen LogP contribution is -2.12. The standard InChI is InChI=1S/C18H23NO4S/c1-13(20)11-16(21)10-7-14-5-8-15(9-6-14)19-18(23)4-2-3-17(22)12-24/h5-6,8-9,24H,2-4,7,10-12H2,1H3,(H,19,23). The Balaban J connectivity index is 2.36. The molecule has 24 heavy (non-hydrogen) atoms. The second-order valence-electron chi connectivity index (χ2n) is 5.71. The smallest absolute Gasteiger partial charge is 0.224 e. The minimum atomic E-state index is -0.133. The van der Waals surface area contributed by atoms with Crippen LogP contribution in [0.1, 0.15) is 44.6 Å². The van der Waals surface area contributed by atoms with Gasteiger partial charge in [-0.2, -0.15) is 12.6 Å². The summed E-state index contributed by atoms with van der Waals surface area (Å²) in [6.45, 7) is 1.41. The molecule has 0 heterocycles. The van der Waals surface area contributed by atoms with Crippen molar-refractivity contribution in [1.82, 2.24) is 0 Å². The molecule has 5 nitrogen and oxygen atoms in total. The molecule has 1 aromatic carbocycles. The van der Waals surface area contributed by atoms with Crippen LogP contribution in [0.5, 0.6) is 0 Å². The van der Waals surface area contributed by atoms with Crippen molar-refractivity contribution in [2.75, 3.05) is 11.1 Å². The van der Waals surface area contributed by atoms with E-state index in [2.05, 4.69) is 17.9 Å². The van der Waals surface area contributed by atoms with E-state index >= 15 is 0 Å². The van der Waals surface area contributed by atoms with Gasteiger partial charge in [-0.15, -0.1) is 0 Å². The van der Waals surface area contributed by atoms with Gasteiger partial charge < -0.3 is 5.32 Å². The Labute approximate surface area is 147 Å². The summed E-state index contributed by atoms with van der Waals surface area (Å²) in [5.41, 5.74) is 1.66. The summed E-state index contributed by atoms with van der Waals surface area (Å²) in [5, 5.41) is 2.77. The van der Waals surface area contributed by atoms with Gasteiger partial charge in [0.25, 0.3) is 0 Å². The van der Waals surface area contributed by atoms with Crippen molar-refractivity contribution in [3.05, 3.63) is 29.8 Å². The monoisotopic (exact) mass is 349 g/mol. The van der Waals surface area contributed by atoms with Gasteiger partial charge in [-0.1, -0.05) is 12.1 Å². The predicted octanol–water partition coefficient (Wildman–Crippen LogP) is 2.78. The molecule has 0 atom stereocenters. The van der Waals surface area contributed by atoms with Crippen molar-refractivity contribution in [3.8, 4) is 0 Å². The number of carbonyl (C=O) groups is 4. The van der Waals surface area contributed by atoms with Crippen molar-refractivity contribution in [3.63, 3.8) is 0 Å². The molecule has 0 saturated heterocycles. The largest absolute Gasteiger partial charge is 0.326 e. The van der Waals surface area contributed by atoms with E-state index in [0.29, 0.717) is 37.8 Å². The summed E-state index contributed by atoms with van der Waals surface area (Å²) < 4.78 is 0. The van der Waals surface area contributed by atoms with Gasteiger partial charge in [0, 0.05) is 30.7 Å². The van der Waals surface area contributed by atoms with E-state index in [9.17, 15) is 19.2 Å². The highest BCUT2D eigenvalue weighted by molar-refractivity contribution is 7.81. The second kappa shape index (κ2) is 10.8. The van der Waals surface area contributed by atoms with E-state index in [-0.39, 0.29) is 35.4 Å². The number of benzene rings is 1. The van der Waals surface area contributed by atoms with Crippen LogP contribution < -0.4 is 5.32 Å². The van der Waals surface area contributed by atoms with Crippen molar-refractivity contribution in [2.45, 2.75) is 45.4 Å². The molecule has 1 amide bonds. The van der Waals surface area contributed by atoms with E-state index < -0.39 is 0 Å². The van der Waals surface area contributed by atoms with Crippen molar-refractivity contribution < 1.29 is 19.2 Å². The summed E-state index contributed by atoms with van der Waals surface area (Å²) in [6.07, 6.45) is 2.08. The van der Waals surface area contributed by atoms with Gasteiger partial charge in [-0.25, -0.2) is 0 Å². The molecule has 0 radical (unpaired) electrons. The number of nitrogens with one attached hydrogen (secondary N) is 1. The maximum atomic E-state index is 11.8. The average Bonchev–Trinajstić information content (AvgIpc) is 2.53. The zero-order valence-electron chi connectivity index (χ0n) is 13.8. The van der Waals surface area contributed by atoms with Crippen molar-refractivity contribution >= 4 is 41.6 Å². The Morgan fingerprint density at radius 2 is 1.62 bits per heavy atom. The molecule has 0 aliphatic rings. The molecule has 0 aliphatic heterocycles. The number of carbonyl (C=O) groups excluding carboxylic acids is 4. The van der Waals surface area contributed by atoms with Gasteiger partial charge in [0.05, 0.1) is 6.42 Å². The third kappa shape index (κ3) is 8.62. The molecule has 130 valence electrons. The molecule has 1 rings (SSSR count). The predicted molar refractivity (Wildman–Crippen MR) is 96.4 cm³/mol. The summed E-state index contributed by atoms with van der Waals surface area (Å²) in [7, 11) is 0. The zero-order chi connectivity index (χ0) is 17.9. The summed E-state index contributed by atoms with van der Waals surface area (Å²) in [5.74, 6) is -0.0659. The molecule has 0 bridgehead atoms. The molecule has 0 aromatic heterocycles. The minimum absolute atomic E-state index is 0.0101. The highest BCUT2D eigenvalue weighted by Gasteiger charge is 2.07. The van der Waals surface area contributed by atoms with Crippen LogP contribution in [0, 0.1) is 0 Å². The molecule has 6 heteroatoms. The van der Waals surface area contributed by atoms with Crippen molar-refractivity contribution in [2.24, 2.45) is 0 Å². The summed E-state index contributed by atoms with van der Waals surface area (Å²) >= 11 is 3.89. The zero-order valence-corrected chi connectivity index (χ0v) is 14.7. The number of hydrogen-bond donors (Lipinski definition) is 2. The maximum Gasteiger partial charge on any atom is 0.224 e. The minimum Gasteiger partial charge on any atom is -0.326 e. The van der Waals surface area contributed by atoms with Gasteiger partial charge in [0.2, 0.25) is 5.91 Å². The fraction of sp³-hybridized carbons (Fsp3) is 0.444. The first-order valence-electron chi connectivity index (χ1n) is 7.93. The van der Waals surface area contributed by atoms with E-state index in [4.69, 9.17) is 0 Å². The number of hydrogen-bond acceptors (Lipinski definition) is 5. The van der Waals surface area contributed by atoms with Crippen LogP contribution in [-0.4, -0.2) is 29.0 Å². The lowest BCUT2D eigenvalue weighted by atomic mass is 10.0. The average molecular weight is 349 g/mol. The van der Waals surface area contributed by atoms with Gasteiger partial charge >= 0.3 is 0 Å². The Morgan fingerprint density at radius 3 is 2.21 bits per heavy atom. The van der Waals surface area contributed by atoms with Gasteiger partial charge in [-0.05, 0) is 37.5 Å². The molecular formula is C18H23NO4S. The first-order valence-corrected chi connectivity index (χ1v) is 8.56. The third-order valence-electron chi connectivity index (χ3n) is 3.41. The number of anilines is 1. The van der Waals surface area contributed by atoms with Crippen LogP contribution in [0.2, 0.25) is 0 Å². The molecular weight excluding hydrogens is 326 g/mol.